The number of nitrogens with zero attached hydrogens (tertiary/aromatic N) is 1. The molecule has 1 aliphatic carbocycles. The molecule has 0 bridgehead atoms. The Morgan fingerprint density at radius 1 is 1.31 bits per heavy atom. The van der Waals surface area contributed by atoms with Crippen molar-refractivity contribution < 1.29 is 9.59 Å². The number of carbonyl (C=O) groups is 2. The van der Waals surface area contributed by atoms with Crippen molar-refractivity contribution in [3.05, 3.63) is 12.2 Å². The number of nitrogens with one attached hydrogen (secondary N) is 1. The molecule has 1 saturated heterocycles. The Balaban J connectivity index is 1.97. The molecule has 0 saturated carbocycles. The summed E-state index contributed by atoms with van der Waals surface area (Å²) in [7, 11) is 0. The lowest BCUT2D eigenvalue weighted by Crippen LogP contribution is -2.44. The lowest BCUT2D eigenvalue weighted by atomic mass is 10.1. The van der Waals surface area contributed by atoms with Crippen molar-refractivity contribution in [3.8, 4) is 0 Å². The van der Waals surface area contributed by atoms with Crippen LogP contribution in [0, 0.1) is 0 Å². The summed E-state index contributed by atoms with van der Waals surface area (Å²) in [5.41, 5.74) is 0. The first-order valence-electron chi connectivity index (χ1n) is 5.86. The molecule has 1 unspecified atom stereocenters. The largest absolute Gasteiger partial charge is 0.302 e. The summed E-state index contributed by atoms with van der Waals surface area (Å²) in [6, 6.07) is -0.0119. The van der Waals surface area contributed by atoms with Gasteiger partial charge in [0, 0.05) is 12.1 Å². The molecule has 16 heavy (non-hydrogen) atoms. The fourth-order valence-electron chi connectivity index (χ4n) is 2.36. The zero-order valence-electron chi connectivity index (χ0n) is 9.77. The van der Waals surface area contributed by atoms with Gasteiger partial charge in [0.2, 0.25) is 11.8 Å². The highest BCUT2D eigenvalue weighted by molar-refractivity contribution is 6.05. The predicted octanol–water partition coefficient (Wildman–Crippen LogP) is 0.830. The Kier molecular flexibility index (Phi) is 3.10. The molecule has 1 atom stereocenters. The van der Waals surface area contributed by atoms with E-state index >= 15 is 0 Å². The van der Waals surface area contributed by atoms with Gasteiger partial charge in [0.25, 0.3) is 0 Å². The Bertz CT molecular complexity index is 328. The third-order valence-corrected chi connectivity index (χ3v) is 3.14. The number of amides is 2. The van der Waals surface area contributed by atoms with E-state index in [1.165, 1.54) is 4.90 Å². The topological polar surface area (TPSA) is 49.4 Å². The number of hydrogen-bond donors (Lipinski definition) is 1. The third-order valence-electron chi connectivity index (χ3n) is 3.14. The second-order valence-corrected chi connectivity index (χ2v) is 4.76. The summed E-state index contributed by atoms with van der Waals surface area (Å²) in [6.07, 6.45) is 6.45. The molecular weight excluding hydrogens is 204 g/mol. The molecule has 2 rings (SSSR count). The van der Waals surface area contributed by atoms with E-state index in [2.05, 4.69) is 17.5 Å². The minimum Gasteiger partial charge on any atom is -0.302 e. The molecule has 0 spiro atoms. The van der Waals surface area contributed by atoms with Crippen LogP contribution in [0.2, 0.25) is 0 Å². The van der Waals surface area contributed by atoms with Gasteiger partial charge in [-0.3, -0.25) is 14.5 Å². The van der Waals surface area contributed by atoms with E-state index in [1.807, 2.05) is 13.8 Å². The molecule has 1 fully saturated rings. The Morgan fingerprint density at radius 2 is 1.94 bits per heavy atom. The fraction of sp³-hybridized carbons (Fsp3) is 0.667. The van der Waals surface area contributed by atoms with Crippen LogP contribution in [0.25, 0.3) is 0 Å². The number of hydrogen-bond acceptors (Lipinski definition) is 3. The highest BCUT2D eigenvalue weighted by atomic mass is 16.2. The Morgan fingerprint density at radius 3 is 2.44 bits per heavy atom. The van der Waals surface area contributed by atoms with Gasteiger partial charge in [-0.25, -0.2) is 0 Å². The molecule has 1 N–H and O–H groups in total. The van der Waals surface area contributed by atoms with E-state index in [4.69, 9.17) is 0 Å². The van der Waals surface area contributed by atoms with Gasteiger partial charge >= 0.3 is 0 Å². The molecule has 0 aromatic heterocycles. The van der Waals surface area contributed by atoms with Gasteiger partial charge in [0.1, 0.15) is 0 Å². The lowest BCUT2D eigenvalue weighted by molar-refractivity contribution is -0.140. The highest BCUT2D eigenvalue weighted by Crippen LogP contribution is 2.19. The van der Waals surface area contributed by atoms with Crippen LogP contribution in [-0.2, 0) is 9.59 Å². The molecular formula is C12H18N2O2. The summed E-state index contributed by atoms with van der Waals surface area (Å²) in [4.78, 5) is 25.0. The first-order valence-corrected chi connectivity index (χ1v) is 5.86. The van der Waals surface area contributed by atoms with Crippen LogP contribution < -0.4 is 5.32 Å². The number of rotatable bonds is 3. The summed E-state index contributed by atoms with van der Waals surface area (Å²) < 4.78 is 0. The van der Waals surface area contributed by atoms with Crippen LogP contribution in [0.5, 0.6) is 0 Å². The van der Waals surface area contributed by atoms with Crippen LogP contribution in [0.15, 0.2) is 12.2 Å². The van der Waals surface area contributed by atoms with Gasteiger partial charge in [-0.1, -0.05) is 12.2 Å². The van der Waals surface area contributed by atoms with Gasteiger partial charge < -0.3 is 5.32 Å². The van der Waals surface area contributed by atoms with Crippen molar-refractivity contribution in [2.45, 2.75) is 51.2 Å². The van der Waals surface area contributed by atoms with E-state index in [1.54, 1.807) is 0 Å². The molecule has 1 heterocycles. The number of carbonyl (C=O) groups excluding carboxylic acids is 2. The molecule has 4 nitrogen and oxygen atoms in total. The molecule has 0 aromatic rings. The Labute approximate surface area is 95.7 Å². The van der Waals surface area contributed by atoms with Crippen LogP contribution in [0.1, 0.15) is 33.1 Å². The monoisotopic (exact) mass is 222 g/mol. The van der Waals surface area contributed by atoms with Crippen molar-refractivity contribution in [1.29, 1.82) is 0 Å². The van der Waals surface area contributed by atoms with Crippen molar-refractivity contribution in [1.82, 2.24) is 10.2 Å². The maximum Gasteiger partial charge on any atom is 0.247 e. The average molecular weight is 222 g/mol. The average Bonchev–Trinajstić information content (AvgIpc) is 2.76. The van der Waals surface area contributed by atoms with E-state index in [0.29, 0.717) is 12.5 Å². The second-order valence-electron chi connectivity index (χ2n) is 4.76. The second kappa shape index (κ2) is 4.37. The molecule has 0 radical (unpaired) electrons. The van der Waals surface area contributed by atoms with Crippen LogP contribution in [0.4, 0.5) is 0 Å². The minimum absolute atomic E-state index is 0.0338. The van der Waals surface area contributed by atoms with Crippen LogP contribution >= 0.6 is 0 Å². The number of likely N-dealkylation sites (tertiary alicyclic amines) is 1. The van der Waals surface area contributed by atoms with E-state index in [-0.39, 0.29) is 23.9 Å². The number of imide groups is 1. The molecule has 2 aliphatic rings. The smallest absolute Gasteiger partial charge is 0.247 e. The van der Waals surface area contributed by atoms with Crippen LogP contribution in [-0.4, -0.2) is 34.8 Å². The molecule has 88 valence electrons. The molecule has 1 aliphatic heterocycles. The Hall–Kier alpha value is -1.16. The van der Waals surface area contributed by atoms with Crippen LogP contribution in [0.3, 0.4) is 0 Å². The zero-order chi connectivity index (χ0) is 11.7. The third kappa shape index (κ3) is 2.02. The zero-order valence-corrected chi connectivity index (χ0v) is 9.77. The predicted molar refractivity (Wildman–Crippen MR) is 60.7 cm³/mol. The quantitative estimate of drug-likeness (QED) is 0.568. The van der Waals surface area contributed by atoms with Gasteiger partial charge in [-0.2, -0.15) is 0 Å². The SMILES string of the molecule is CC(C)N1C(=O)CC(NC2CC=CC2)C1=O. The first kappa shape index (κ1) is 11.3. The minimum atomic E-state index is -0.306. The van der Waals surface area contributed by atoms with Crippen molar-refractivity contribution >= 4 is 11.8 Å². The maximum atomic E-state index is 12.0. The van der Waals surface area contributed by atoms with Crippen molar-refractivity contribution in [2.24, 2.45) is 0 Å². The van der Waals surface area contributed by atoms with E-state index < -0.39 is 0 Å². The summed E-state index contributed by atoms with van der Waals surface area (Å²) >= 11 is 0. The van der Waals surface area contributed by atoms with Gasteiger partial charge in [0.05, 0.1) is 12.5 Å². The summed E-state index contributed by atoms with van der Waals surface area (Å²) in [5, 5.41) is 3.27. The highest BCUT2D eigenvalue weighted by Gasteiger charge is 2.40. The molecule has 4 heteroatoms. The van der Waals surface area contributed by atoms with Gasteiger partial charge in [-0.05, 0) is 26.7 Å². The van der Waals surface area contributed by atoms with Gasteiger partial charge in [-0.15, -0.1) is 0 Å². The standard InChI is InChI=1S/C12H18N2O2/c1-8(2)14-11(15)7-10(12(14)16)13-9-5-3-4-6-9/h3-4,8-10,13H,5-7H2,1-2H3. The maximum absolute atomic E-state index is 12.0. The van der Waals surface area contributed by atoms with Gasteiger partial charge in [0.15, 0.2) is 0 Å². The molecule has 0 aromatic carbocycles. The summed E-state index contributed by atoms with van der Waals surface area (Å²) in [5.74, 6) is -0.115. The molecule has 2 amide bonds. The normalized spacial score (nSPS) is 26.4. The van der Waals surface area contributed by atoms with Crippen molar-refractivity contribution in [3.63, 3.8) is 0 Å². The van der Waals surface area contributed by atoms with E-state index in [9.17, 15) is 9.59 Å². The first-order chi connectivity index (χ1) is 7.59. The lowest BCUT2D eigenvalue weighted by Gasteiger charge is -2.20. The van der Waals surface area contributed by atoms with E-state index in [0.717, 1.165) is 12.8 Å². The fourth-order valence-corrected chi connectivity index (χ4v) is 2.36. The summed E-state index contributed by atoms with van der Waals surface area (Å²) in [6.45, 7) is 3.74. The van der Waals surface area contributed by atoms with Crippen molar-refractivity contribution in [2.75, 3.05) is 0 Å².